The molecule has 0 fully saturated rings. The summed E-state index contributed by atoms with van der Waals surface area (Å²) in [6.45, 7) is 16.5. The second kappa shape index (κ2) is 14.5. The van der Waals surface area contributed by atoms with E-state index < -0.39 is 0 Å². The van der Waals surface area contributed by atoms with Gasteiger partial charge in [-0.2, -0.15) is 0 Å². The fourth-order valence-corrected chi connectivity index (χ4v) is 15.0. The van der Waals surface area contributed by atoms with Gasteiger partial charge in [-0.25, -0.2) is 0 Å². The lowest BCUT2D eigenvalue weighted by Crippen LogP contribution is -2.60. The second-order valence-corrected chi connectivity index (χ2v) is 24.9. The molecule has 2 aliphatic heterocycles. The van der Waals surface area contributed by atoms with E-state index >= 15 is 0 Å². The van der Waals surface area contributed by atoms with Crippen molar-refractivity contribution in [3.05, 3.63) is 187 Å². The summed E-state index contributed by atoms with van der Waals surface area (Å²) >= 11 is 1.95. The van der Waals surface area contributed by atoms with Crippen LogP contribution in [0.1, 0.15) is 78.0 Å². The highest BCUT2D eigenvalue weighted by molar-refractivity contribution is 7.27. The molecule has 74 heavy (non-hydrogen) atoms. The maximum absolute atomic E-state index is 7.33. The molecule has 6 heterocycles. The van der Waals surface area contributed by atoms with Gasteiger partial charge in [-0.3, -0.25) is 0 Å². The van der Waals surface area contributed by atoms with Crippen molar-refractivity contribution in [2.24, 2.45) is 0 Å². The lowest BCUT2D eigenvalue weighted by atomic mass is 9.43. The fraction of sp³-hybridized carbons (Fsp3) is 0.176. The van der Waals surface area contributed by atoms with Crippen LogP contribution in [-0.2, 0) is 16.2 Å². The molecule has 13 aromatic rings. The Morgan fingerprint density at radius 1 is 0.541 bits per heavy atom. The normalized spacial score (nSPS) is 15.6. The van der Waals surface area contributed by atoms with Crippen LogP contribution in [0.3, 0.4) is 0 Å². The molecule has 356 valence electrons. The second-order valence-electron chi connectivity index (χ2n) is 23.8. The molecule has 3 aliphatic rings. The third-order valence-corrected chi connectivity index (χ3v) is 18.8. The summed E-state index contributed by atoms with van der Waals surface area (Å²) in [6.07, 6.45) is 2.29. The molecule has 0 N–H and O–H groups in total. The third kappa shape index (κ3) is 5.64. The van der Waals surface area contributed by atoms with Crippen molar-refractivity contribution in [3.8, 4) is 39.3 Å². The quantitative estimate of drug-likeness (QED) is 0.166. The van der Waals surface area contributed by atoms with E-state index in [0.29, 0.717) is 0 Å². The number of nitrogens with zero attached hydrogens (tertiary/aromatic N) is 2. The maximum Gasteiger partial charge on any atom is 0.333 e. The van der Waals surface area contributed by atoms with Gasteiger partial charge in [0.05, 0.1) is 11.0 Å². The largest absolute Gasteiger partial charge is 0.456 e. The minimum absolute atomic E-state index is 0.00686. The summed E-state index contributed by atoms with van der Waals surface area (Å²) in [6, 6.07) is 63.6. The van der Waals surface area contributed by atoms with Gasteiger partial charge in [0.2, 0.25) is 0 Å². The third-order valence-electron chi connectivity index (χ3n) is 17.6. The van der Waals surface area contributed by atoms with Gasteiger partial charge in [0, 0.05) is 92.5 Å². The molecule has 0 bridgehead atoms. The highest BCUT2D eigenvalue weighted by Gasteiger charge is 2.47. The van der Waals surface area contributed by atoms with Crippen LogP contribution in [0.4, 0.5) is 11.4 Å². The summed E-state index contributed by atoms with van der Waals surface area (Å²) < 4.78 is 19.5. The van der Waals surface area contributed by atoms with E-state index in [9.17, 15) is 0 Å². The van der Waals surface area contributed by atoms with Crippen molar-refractivity contribution in [1.29, 1.82) is 0 Å². The van der Waals surface area contributed by atoms with Crippen molar-refractivity contribution in [3.63, 3.8) is 0 Å². The van der Waals surface area contributed by atoms with E-state index in [1.54, 1.807) is 0 Å². The summed E-state index contributed by atoms with van der Waals surface area (Å²) in [5.74, 6) is 0.885. The van der Waals surface area contributed by atoms with E-state index in [4.69, 9.17) is 8.83 Å². The van der Waals surface area contributed by atoms with Crippen LogP contribution in [0.15, 0.2) is 179 Å². The lowest BCUT2D eigenvalue weighted by molar-refractivity contribution is 0.332. The summed E-state index contributed by atoms with van der Waals surface area (Å²) in [7, 11) is 0. The number of aromatic nitrogens is 1. The molecule has 4 nitrogen and oxygen atoms in total. The molecule has 0 saturated heterocycles. The Morgan fingerprint density at radius 3 is 1.95 bits per heavy atom. The zero-order chi connectivity index (χ0) is 49.7. The van der Waals surface area contributed by atoms with E-state index in [1.165, 1.54) is 86.4 Å². The molecule has 0 spiro atoms. The molecule has 0 amide bonds. The molecular formula is C68H53BN2O2S. The number of fused-ring (bicyclic) bond motifs is 18. The van der Waals surface area contributed by atoms with Crippen LogP contribution < -0.4 is 15.7 Å². The Bertz CT molecular complexity index is 4580. The Balaban J connectivity index is 1.15. The van der Waals surface area contributed by atoms with Gasteiger partial charge in [0.1, 0.15) is 22.5 Å². The van der Waals surface area contributed by atoms with Crippen molar-refractivity contribution in [1.82, 2.24) is 4.57 Å². The average molecular weight is 973 g/mol. The predicted octanol–water partition coefficient (Wildman–Crippen LogP) is 18.0. The first kappa shape index (κ1) is 42.7. The molecule has 0 saturated carbocycles. The number of hydrogen-bond acceptors (Lipinski definition) is 4. The molecule has 4 aromatic heterocycles. The van der Waals surface area contributed by atoms with Crippen molar-refractivity contribution < 1.29 is 8.83 Å². The standard InChI is InChI=1S/C68H53BN2O2S/c1-66(2,3)40-26-28-41(29-27-40)71-52-37-56-44(42-22-14-16-24-54(42)72-56)32-45(52)61-62-63-59(60-43-23-15-17-25-57(43)74-65(60)61)46-33-48-49(68(6,7)31-30-67(48,4)5)35-51(46)70(63)53-34-47-55(36-50(53)69(62)71)73-64(39-20-12-9-13-21-39)58(47)38-18-10-8-11-19-38/h8-29,32-37H,30-31H2,1-7H3. The van der Waals surface area contributed by atoms with Gasteiger partial charge < -0.3 is 18.2 Å². The van der Waals surface area contributed by atoms with Crippen molar-refractivity contribution in [2.75, 3.05) is 4.81 Å². The molecule has 16 rings (SSSR count). The van der Waals surface area contributed by atoms with Crippen LogP contribution in [0.25, 0.3) is 114 Å². The first-order valence-corrected chi connectivity index (χ1v) is 27.2. The number of benzene rings is 9. The SMILES string of the molecule is CC(C)(C)c1ccc(N2B3c4cc5oc(-c6ccccc6)c(-c6ccccc6)c5cc4-n4c5cc6c(cc5c5c7c(sc8ccccc87)c(c3c54)-c3cc4c(cc32)oc2ccccc24)C(C)(C)CCC6(C)C)cc1. The molecule has 0 radical (unpaired) electrons. The highest BCUT2D eigenvalue weighted by Crippen LogP contribution is 2.56. The number of hydrogen-bond donors (Lipinski definition) is 0. The Hall–Kier alpha value is -7.80. The van der Waals surface area contributed by atoms with Gasteiger partial charge in [-0.15, -0.1) is 11.3 Å². The highest BCUT2D eigenvalue weighted by atomic mass is 32.1. The van der Waals surface area contributed by atoms with Gasteiger partial charge >= 0.3 is 6.85 Å². The molecule has 0 unspecified atom stereocenters. The number of thiophene rings is 1. The summed E-state index contributed by atoms with van der Waals surface area (Å²) in [4.78, 5) is 2.65. The smallest absolute Gasteiger partial charge is 0.333 e. The first-order chi connectivity index (χ1) is 35.8. The Labute approximate surface area is 434 Å². The van der Waals surface area contributed by atoms with Crippen LogP contribution in [0.2, 0.25) is 0 Å². The maximum atomic E-state index is 7.33. The van der Waals surface area contributed by atoms with E-state index in [2.05, 4.69) is 228 Å². The van der Waals surface area contributed by atoms with E-state index in [0.717, 1.165) is 79.6 Å². The monoisotopic (exact) mass is 972 g/mol. The number of rotatable bonds is 3. The molecular weight excluding hydrogens is 920 g/mol. The number of anilines is 2. The average Bonchev–Trinajstić information content (AvgIpc) is 4.21. The topological polar surface area (TPSA) is 34.5 Å². The van der Waals surface area contributed by atoms with Gasteiger partial charge in [0.15, 0.2) is 0 Å². The molecule has 0 atom stereocenters. The fourth-order valence-electron chi connectivity index (χ4n) is 13.7. The molecule has 9 aromatic carbocycles. The number of furan rings is 2. The molecule has 1 aliphatic carbocycles. The zero-order valence-electron chi connectivity index (χ0n) is 42.8. The van der Waals surface area contributed by atoms with Gasteiger partial charge in [-0.05, 0) is 117 Å². The Morgan fingerprint density at radius 2 is 1.20 bits per heavy atom. The minimum atomic E-state index is -0.235. The molecule has 6 heteroatoms. The van der Waals surface area contributed by atoms with Crippen LogP contribution >= 0.6 is 11.3 Å². The zero-order valence-corrected chi connectivity index (χ0v) is 43.6. The van der Waals surface area contributed by atoms with Gasteiger partial charge in [-0.1, -0.05) is 158 Å². The van der Waals surface area contributed by atoms with Crippen molar-refractivity contribution >= 4 is 115 Å². The van der Waals surface area contributed by atoms with E-state index in [1.807, 2.05) is 11.3 Å². The summed E-state index contributed by atoms with van der Waals surface area (Å²) in [5, 5.41) is 8.72. The van der Waals surface area contributed by atoms with Gasteiger partial charge in [0.25, 0.3) is 0 Å². The Kier molecular flexibility index (Phi) is 8.36. The number of para-hydroxylation sites is 1. The first-order valence-electron chi connectivity index (χ1n) is 26.4. The summed E-state index contributed by atoms with van der Waals surface area (Å²) in [5.41, 5.74) is 21.4. The van der Waals surface area contributed by atoms with Crippen molar-refractivity contribution in [2.45, 2.75) is 77.6 Å². The van der Waals surface area contributed by atoms with Crippen LogP contribution in [-0.4, -0.2) is 11.4 Å². The predicted molar refractivity (Wildman–Crippen MR) is 315 cm³/mol. The van der Waals surface area contributed by atoms with E-state index in [-0.39, 0.29) is 23.1 Å². The van der Waals surface area contributed by atoms with Crippen LogP contribution in [0.5, 0.6) is 0 Å². The van der Waals surface area contributed by atoms with Crippen LogP contribution in [0, 0.1) is 0 Å². The minimum Gasteiger partial charge on any atom is -0.456 e. The lowest BCUT2D eigenvalue weighted by Gasteiger charge is -2.42.